The normalized spacial score (nSPS) is 32.6. The van der Waals surface area contributed by atoms with Crippen LogP contribution in [0.2, 0.25) is 0 Å². The van der Waals surface area contributed by atoms with Crippen molar-refractivity contribution in [1.29, 1.82) is 0 Å². The third-order valence-electron chi connectivity index (χ3n) is 4.00. The Hall–Kier alpha value is -0.0800. The Balaban J connectivity index is 1.79. The summed E-state index contributed by atoms with van der Waals surface area (Å²) in [4.78, 5) is 2.67. The predicted octanol–water partition coefficient (Wildman–Crippen LogP) is 1.86. The van der Waals surface area contributed by atoms with Crippen molar-refractivity contribution in [1.82, 2.24) is 10.2 Å². The Morgan fingerprint density at radius 3 is 2.79 bits per heavy atom. The zero-order chi connectivity index (χ0) is 10.0. The molecule has 1 N–H and O–H groups in total. The Bertz CT molecular complexity index is 187. The largest absolute Gasteiger partial charge is 0.311 e. The molecule has 2 rings (SSSR count). The van der Waals surface area contributed by atoms with Gasteiger partial charge in [-0.25, -0.2) is 0 Å². The molecule has 1 heterocycles. The van der Waals surface area contributed by atoms with Crippen LogP contribution in [0.5, 0.6) is 0 Å². The third kappa shape index (κ3) is 2.29. The minimum atomic E-state index is 0.662. The van der Waals surface area contributed by atoms with Crippen LogP contribution in [-0.2, 0) is 0 Å². The van der Waals surface area contributed by atoms with Crippen LogP contribution in [0, 0.1) is 5.41 Å². The van der Waals surface area contributed by atoms with Crippen LogP contribution in [-0.4, -0.2) is 37.1 Å². The minimum Gasteiger partial charge on any atom is -0.311 e. The molecular formula is C12H24N2. The first-order chi connectivity index (χ1) is 6.72. The molecule has 1 aliphatic heterocycles. The molecule has 0 bridgehead atoms. The number of rotatable bonds is 3. The summed E-state index contributed by atoms with van der Waals surface area (Å²) in [6, 6.07) is 0.743. The van der Waals surface area contributed by atoms with Crippen molar-refractivity contribution in [2.24, 2.45) is 5.41 Å². The maximum absolute atomic E-state index is 3.58. The number of nitrogens with one attached hydrogen (secondary N) is 1. The number of piperazine rings is 1. The monoisotopic (exact) mass is 196 g/mol. The Kier molecular flexibility index (Phi) is 3.13. The van der Waals surface area contributed by atoms with Crippen LogP contribution in [0.3, 0.4) is 0 Å². The van der Waals surface area contributed by atoms with Crippen LogP contribution < -0.4 is 5.32 Å². The average molecular weight is 196 g/mol. The average Bonchev–Trinajstić information content (AvgIpc) is 2.16. The van der Waals surface area contributed by atoms with E-state index in [4.69, 9.17) is 0 Å². The second-order valence-electron chi connectivity index (χ2n) is 5.46. The minimum absolute atomic E-state index is 0.662. The van der Waals surface area contributed by atoms with Gasteiger partial charge >= 0.3 is 0 Å². The van der Waals surface area contributed by atoms with Gasteiger partial charge in [-0.05, 0) is 24.7 Å². The zero-order valence-corrected chi connectivity index (χ0v) is 9.68. The highest BCUT2D eigenvalue weighted by molar-refractivity contribution is 4.88. The molecule has 2 aliphatic rings. The van der Waals surface area contributed by atoms with Crippen LogP contribution in [0.15, 0.2) is 0 Å². The van der Waals surface area contributed by atoms with Crippen LogP contribution >= 0.6 is 0 Å². The molecule has 1 atom stereocenters. The van der Waals surface area contributed by atoms with Crippen molar-refractivity contribution in [3.63, 3.8) is 0 Å². The zero-order valence-electron chi connectivity index (χ0n) is 9.68. The maximum Gasteiger partial charge on any atom is 0.0192 e. The van der Waals surface area contributed by atoms with E-state index < -0.39 is 0 Å². The summed E-state index contributed by atoms with van der Waals surface area (Å²) in [5.74, 6) is 0. The molecule has 2 fully saturated rings. The Labute approximate surface area is 88.1 Å². The number of hydrogen-bond donors (Lipinski definition) is 1. The smallest absolute Gasteiger partial charge is 0.0192 e. The van der Waals surface area contributed by atoms with E-state index in [1.54, 1.807) is 0 Å². The quantitative estimate of drug-likeness (QED) is 0.741. The SMILES string of the molecule is CCC1CN(CC2(C)CCC2)CCN1. The van der Waals surface area contributed by atoms with Crippen molar-refractivity contribution in [3.8, 4) is 0 Å². The van der Waals surface area contributed by atoms with E-state index in [-0.39, 0.29) is 0 Å². The second-order valence-corrected chi connectivity index (χ2v) is 5.46. The molecule has 2 nitrogen and oxygen atoms in total. The summed E-state index contributed by atoms with van der Waals surface area (Å²) in [6.07, 6.45) is 5.63. The first-order valence-electron chi connectivity index (χ1n) is 6.18. The summed E-state index contributed by atoms with van der Waals surface area (Å²) >= 11 is 0. The molecule has 0 radical (unpaired) electrons. The maximum atomic E-state index is 3.58. The summed E-state index contributed by atoms with van der Waals surface area (Å²) in [6.45, 7) is 9.80. The van der Waals surface area contributed by atoms with Crippen LogP contribution in [0.25, 0.3) is 0 Å². The van der Waals surface area contributed by atoms with Crippen molar-refractivity contribution in [2.75, 3.05) is 26.2 Å². The van der Waals surface area contributed by atoms with E-state index in [1.807, 2.05) is 0 Å². The second kappa shape index (κ2) is 4.19. The molecule has 0 aromatic heterocycles. The van der Waals surface area contributed by atoms with Gasteiger partial charge in [0, 0.05) is 32.2 Å². The highest BCUT2D eigenvalue weighted by Gasteiger charge is 2.34. The molecule has 1 aliphatic carbocycles. The summed E-state index contributed by atoms with van der Waals surface area (Å²) in [7, 11) is 0. The van der Waals surface area contributed by atoms with E-state index in [1.165, 1.54) is 51.9 Å². The number of nitrogens with zero attached hydrogens (tertiary/aromatic N) is 1. The van der Waals surface area contributed by atoms with Gasteiger partial charge in [0.25, 0.3) is 0 Å². The lowest BCUT2D eigenvalue weighted by molar-refractivity contribution is 0.0674. The van der Waals surface area contributed by atoms with Gasteiger partial charge in [-0.2, -0.15) is 0 Å². The van der Waals surface area contributed by atoms with Crippen molar-refractivity contribution in [2.45, 2.75) is 45.6 Å². The summed E-state index contributed by atoms with van der Waals surface area (Å²) < 4.78 is 0. The van der Waals surface area contributed by atoms with Gasteiger partial charge in [0.05, 0.1) is 0 Å². The van der Waals surface area contributed by atoms with Crippen LogP contribution in [0.1, 0.15) is 39.5 Å². The van der Waals surface area contributed by atoms with E-state index in [9.17, 15) is 0 Å². The lowest BCUT2D eigenvalue weighted by Gasteiger charge is -2.44. The van der Waals surface area contributed by atoms with Gasteiger partial charge in [-0.3, -0.25) is 4.90 Å². The molecule has 0 spiro atoms. The fourth-order valence-electron chi connectivity index (χ4n) is 2.79. The Morgan fingerprint density at radius 2 is 2.21 bits per heavy atom. The van der Waals surface area contributed by atoms with E-state index in [0.717, 1.165) is 6.04 Å². The van der Waals surface area contributed by atoms with E-state index in [0.29, 0.717) is 5.41 Å². The van der Waals surface area contributed by atoms with Crippen molar-refractivity contribution >= 4 is 0 Å². The van der Waals surface area contributed by atoms with Gasteiger partial charge in [0.2, 0.25) is 0 Å². The molecule has 14 heavy (non-hydrogen) atoms. The van der Waals surface area contributed by atoms with Gasteiger partial charge in [-0.1, -0.05) is 20.3 Å². The fourth-order valence-corrected chi connectivity index (χ4v) is 2.79. The molecule has 0 aromatic carbocycles. The van der Waals surface area contributed by atoms with Gasteiger partial charge in [0.15, 0.2) is 0 Å². The first-order valence-corrected chi connectivity index (χ1v) is 6.18. The molecule has 1 unspecified atom stereocenters. The molecule has 2 heteroatoms. The van der Waals surface area contributed by atoms with Gasteiger partial charge < -0.3 is 5.32 Å². The summed E-state index contributed by atoms with van der Waals surface area (Å²) in [5, 5.41) is 3.58. The number of hydrogen-bond acceptors (Lipinski definition) is 2. The van der Waals surface area contributed by atoms with Crippen molar-refractivity contribution < 1.29 is 0 Å². The lowest BCUT2D eigenvalue weighted by Crippen LogP contribution is -2.53. The first kappa shape index (κ1) is 10.4. The molecule has 1 saturated carbocycles. The van der Waals surface area contributed by atoms with Crippen LogP contribution in [0.4, 0.5) is 0 Å². The highest BCUT2D eigenvalue weighted by Crippen LogP contribution is 2.40. The Morgan fingerprint density at radius 1 is 1.43 bits per heavy atom. The standard InChI is InChI=1S/C12H24N2/c1-3-11-9-14(8-7-13-11)10-12(2)5-4-6-12/h11,13H,3-10H2,1-2H3. The van der Waals surface area contributed by atoms with Crippen molar-refractivity contribution in [3.05, 3.63) is 0 Å². The third-order valence-corrected chi connectivity index (χ3v) is 4.00. The molecule has 82 valence electrons. The van der Waals surface area contributed by atoms with Gasteiger partial charge in [0.1, 0.15) is 0 Å². The highest BCUT2D eigenvalue weighted by atomic mass is 15.2. The molecular weight excluding hydrogens is 172 g/mol. The van der Waals surface area contributed by atoms with Gasteiger partial charge in [-0.15, -0.1) is 0 Å². The molecule has 0 aromatic rings. The topological polar surface area (TPSA) is 15.3 Å². The fraction of sp³-hybridized carbons (Fsp3) is 1.00. The molecule has 1 saturated heterocycles. The van der Waals surface area contributed by atoms with E-state index >= 15 is 0 Å². The summed E-state index contributed by atoms with van der Waals surface area (Å²) in [5.41, 5.74) is 0.662. The van der Waals surface area contributed by atoms with E-state index in [2.05, 4.69) is 24.1 Å². The molecule has 0 amide bonds. The predicted molar refractivity (Wildman–Crippen MR) is 60.5 cm³/mol. The lowest BCUT2D eigenvalue weighted by atomic mass is 9.70.